The Morgan fingerprint density at radius 1 is 1.30 bits per heavy atom. The number of likely N-dealkylation sites (N-methyl/N-ethyl adjacent to an activating group) is 1. The van der Waals surface area contributed by atoms with E-state index in [2.05, 4.69) is 11.8 Å². The summed E-state index contributed by atoms with van der Waals surface area (Å²) in [4.78, 5) is 14.9. The second-order valence-electron chi connectivity index (χ2n) is 7.31. The molecule has 3 rings (SSSR count). The number of methoxy groups -OCH3 is 2. The lowest BCUT2D eigenvalue weighted by Crippen LogP contribution is -2.52. The van der Waals surface area contributed by atoms with Gasteiger partial charge in [0.2, 0.25) is 5.91 Å². The predicted octanol–water partition coefficient (Wildman–Crippen LogP) is 2.96. The smallest absolute Gasteiger partial charge is 0.233 e. The molecule has 5 nitrogen and oxygen atoms in total. The Morgan fingerprint density at radius 2 is 1.96 bits per heavy atom. The van der Waals surface area contributed by atoms with Crippen LogP contribution in [0.3, 0.4) is 0 Å². The van der Waals surface area contributed by atoms with E-state index < -0.39 is 17.6 Å². The standard InChI is InChI=1S/C21H26ClNO4/c1-5-6-13-11-15(22)17(16(12-13)27-4)18-19(24)21(23(2)20(18)25)9-7-14(26-3)8-10-21/h11-12,14,18-19,24H,7-10H2,1-4H3. The van der Waals surface area contributed by atoms with Gasteiger partial charge in [0.1, 0.15) is 5.75 Å². The number of amides is 1. The molecule has 1 saturated carbocycles. The Morgan fingerprint density at radius 3 is 2.52 bits per heavy atom. The fourth-order valence-electron chi connectivity index (χ4n) is 4.59. The summed E-state index contributed by atoms with van der Waals surface area (Å²) in [5.74, 6) is 5.38. The summed E-state index contributed by atoms with van der Waals surface area (Å²) >= 11 is 6.53. The second-order valence-corrected chi connectivity index (χ2v) is 7.71. The van der Waals surface area contributed by atoms with Gasteiger partial charge in [0.05, 0.1) is 30.8 Å². The minimum absolute atomic E-state index is 0.132. The Kier molecular flexibility index (Phi) is 5.71. The van der Waals surface area contributed by atoms with Crippen LogP contribution in [0.25, 0.3) is 0 Å². The number of halogens is 1. The van der Waals surface area contributed by atoms with Gasteiger partial charge in [-0.15, -0.1) is 5.92 Å². The summed E-state index contributed by atoms with van der Waals surface area (Å²) in [5.41, 5.74) is 0.662. The molecule has 1 aromatic carbocycles. The summed E-state index contributed by atoms with van der Waals surface area (Å²) in [6.07, 6.45) is 2.34. The number of aliphatic hydroxyl groups is 1. The number of ether oxygens (including phenoxy) is 2. The number of rotatable bonds is 3. The van der Waals surface area contributed by atoms with E-state index in [9.17, 15) is 9.90 Å². The molecule has 1 spiro atoms. The first-order valence-corrected chi connectivity index (χ1v) is 9.56. The molecule has 1 heterocycles. The van der Waals surface area contributed by atoms with Gasteiger partial charge in [0, 0.05) is 30.3 Å². The number of benzene rings is 1. The Bertz CT molecular complexity index is 789. The topological polar surface area (TPSA) is 59.0 Å². The molecule has 1 amide bonds. The third-order valence-electron chi connectivity index (χ3n) is 6.15. The van der Waals surface area contributed by atoms with Gasteiger partial charge in [-0.05, 0) is 44.7 Å². The second kappa shape index (κ2) is 7.71. The Labute approximate surface area is 165 Å². The van der Waals surface area contributed by atoms with E-state index in [0.717, 1.165) is 12.8 Å². The maximum atomic E-state index is 13.2. The van der Waals surface area contributed by atoms with Gasteiger partial charge in [0.15, 0.2) is 0 Å². The molecule has 1 N–H and O–H groups in total. The molecule has 0 bridgehead atoms. The summed E-state index contributed by atoms with van der Waals surface area (Å²) in [7, 11) is 5.01. The minimum atomic E-state index is -0.859. The lowest BCUT2D eigenvalue weighted by Gasteiger charge is -2.43. The molecule has 1 aliphatic carbocycles. The van der Waals surface area contributed by atoms with Gasteiger partial charge < -0.3 is 19.5 Å². The lowest BCUT2D eigenvalue weighted by molar-refractivity contribution is -0.132. The van der Waals surface area contributed by atoms with Crippen molar-refractivity contribution in [2.75, 3.05) is 21.3 Å². The van der Waals surface area contributed by atoms with Crippen molar-refractivity contribution in [2.45, 2.75) is 56.3 Å². The summed E-state index contributed by atoms with van der Waals surface area (Å²) in [6.45, 7) is 1.74. The average molecular weight is 392 g/mol. The van der Waals surface area contributed by atoms with Crippen molar-refractivity contribution in [3.63, 3.8) is 0 Å². The largest absolute Gasteiger partial charge is 0.496 e. The SMILES string of the molecule is CC#Cc1cc(Cl)c(C2C(=O)N(C)C3(CCC(OC)CC3)C2O)c(OC)c1. The zero-order valence-electron chi connectivity index (χ0n) is 16.2. The van der Waals surface area contributed by atoms with E-state index in [-0.39, 0.29) is 12.0 Å². The number of aliphatic hydroxyl groups excluding tert-OH is 1. The van der Waals surface area contributed by atoms with E-state index >= 15 is 0 Å². The average Bonchev–Trinajstić information content (AvgIpc) is 2.84. The van der Waals surface area contributed by atoms with Crippen LogP contribution in [0.5, 0.6) is 5.75 Å². The molecular weight excluding hydrogens is 366 g/mol. The van der Waals surface area contributed by atoms with Gasteiger partial charge in [-0.1, -0.05) is 17.5 Å². The van der Waals surface area contributed by atoms with Crippen molar-refractivity contribution in [3.05, 3.63) is 28.3 Å². The van der Waals surface area contributed by atoms with Crippen LogP contribution < -0.4 is 4.74 Å². The van der Waals surface area contributed by atoms with E-state index in [4.69, 9.17) is 21.1 Å². The zero-order chi connectivity index (χ0) is 19.8. The number of hydrogen-bond donors (Lipinski definition) is 1. The monoisotopic (exact) mass is 391 g/mol. The number of hydrogen-bond acceptors (Lipinski definition) is 4. The van der Waals surface area contributed by atoms with Crippen LogP contribution >= 0.6 is 11.6 Å². The highest BCUT2D eigenvalue weighted by atomic mass is 35.5. The first kappa shape index (κ1) is 20.0. The molecule has 2 unspecified atom stereocenters. The van der Waals surface area contributed by atoms with E-state index in [1.807, 2.05) is 0 Å². The van der Waals surface area contributed by atoms with Crippen LogP contribution in [0.15, 0.2) is 12.1 Å². The van der Waals surface area contributed by atoms with Gasteiger partial charge in [-0.25, -0.2) is 0 Å². The van der Waals surface area contributed by atoms with E-state index in [1.165, 1.54) is 7.11 Å². The molecule has 27 heavy (non-hydrogen) atoms. The number of carbonyl (C=O) groups excluding carboxylic acids is 1. The molecule has 1 aliphatic heterocycles. The molecule has 0 aromatic heterocycles. The lowest BCUT2D eigenvalue weighted by atomic mass is 9.74. The first-order valence-electron chi connectivity index (χ1n) is 9.18. The third kappa shape index (κ3) is 3.20. The normalized spacial score (nSPS) is 30.4. The maximum absolute atomic E-state index is 13.2. The summed E-state index contributed by atoms with van der Waals surface area (Å²) < 4.78 is 11.0. The van der Waals surface area contributed by atoms with Crippen LogP contribution in [0.1, 0.15) is 49.7 Å². The fraction of sp³-hybridized carbons (Fsp3) is 0.571. The molecule has 2 fully saturated rings. The molecule has 6 heteroatoms. The van der Waals surface area contributed by atoms with Crippen LogP contribution in [0.2, 0.25) is 5.02 Å². The molecule has 1 saturated heterocycles. The highest BCUT2D eigenvalue weighted by molar-refractivity contribution is 6.32. The van der Waals surface area contributed by atoms with Crippen molar-refractivity contribution in [1.29, 1.82) is 0 Å². The molecule has 2 atom stereocenters. The van der Waals surface area contributed by atoms with Crippen LogP contribution in [-0.2, 0) is 9.53 Å². The molecular formula is C21H26ClNO4. The van der Waals surface area contributed by atoms with Gasteiger partial charge in [-0.3, -0.25) is 4.79 Å². The van der Waals surface area contributed by atoms with Gasteiger partial charge in [0.25, 0.3) is 0 Å². The summed E-state index contributed by atoms with van der Waals surface area (Å²) in [5, 5.41) is 11.7. The first-order chi connectivity index (χ1) is 12.9. The Balaban J connectivity index is 2.03. The third-order valence-corrected chi connectivity index (χ3v) is 6.47. The maximum Gasteiger partial charge on any atom is 0.233 e. The quantitative estimate of drug-likeness (QED) is 0.805. The van der Waals surface area contributed by atoms with Crippen molar-refractivity contribution >= 4 is 17.5 Å². The number of likely N-dealkylation sites (tertiary alicyclic amines) is 1. The highest BCUT2D eigenvalue weighted by Crippen LogP contribution is 2.50. The van der Waals surface area contributed by atoms with Crippen molar-refractivity contribution in [3.8, 4) is 17.6 Å². The van der Waals surface area contributed by atoms with Crippen molar-refractivity contribution in [1.82, 2.24) is 4.90 Å². The molecule has 146 valence electrons. The zero-order valence-corrected chi connectivity index (χ0v) is 17.0. The predicted molar refractivity (Wildman–Crippen MR) is 104 cm³/mol. The number of nitrogens with zero attached hydrogens (tertiary/aromatic N) is 1. The fourth-order valence-corrected chi connectivity index (χ4v) is 4.92. The van der Waals surface area contributed by atoms with Gasteiger partial charge >= 0.3 is 0 Å². The van der Waals surface area contributed by atoms with Crippen LogP contribution in [0.4, 0.5) is 0 Å². The van der Waals surface area contributed by atoms with Crippen molar-refractivity contribution in [2.24, 2.45) is 0 Å². The van der Waals surface area contributed by atoms with Crippen LogP contribution in [0, 0.1) is 11.8 Å². The highest BCUT2D eigenvalue weighted by Gasteiger charge is 2.58. The van der Waals surface area contributed by atoms with Crippen LogP contribution in [-0.4, -0.2) is 54.9 Å². The molecule has 0 radical (unpaired) electrons. The molecule has 2 aliphatic rings. The summed E-state index contributed by atoms with van der Waals surface area (Å²) in [6, 6.07) is 3.49. The number of carbonyl (C=O) groups is 1. The van der Waals surface area contributed by atoms with Crippen molar-refractivity contribution < 1.29 is 19.4 Å². The Hall–Kier alpha value is -1.74. The van der Waals surface area contributed by atoms with Gasteiger partial charge in [-0.2, -0.15) is 0 Å². The minimum Gasteiger partial charge on any atom is -0.496 e. The molecule has 1 aromatic rings. The van der Waals surface area contributed by atoms with E-state index in [1.54, 1.807) is 38.1 Å². The van der Waals surface area contributed by atoms with E-state index in [0.29, 0.717) is 34.7 Å².